The van der Waals surface area contributed by atoms with Crippen LogP contribution in [0.3, 0.4) is 0 Å². The maximum Gasteiger partial charge on any atom is 0.294 e. The van der Waals surface area contributed by atoms with Crippen molar-refractivity contribution in [3.05, 3.63) is 20.2 Å². The Morgan fingerprint density at radius 1 is 0.778 bits per heavy atom. The van der Waals surface area contributed by atoms with Gasteiger partial charge >= 0.3 is 0 Å². The van der Waals surface area contributed by atoms with Crippen molar-refractivity contribution in [3.63, 3.8) is 0 Å². The standard InChI is InChI=1S/2C4H9NO4/c2*6-3-1-2-4-9-5(7)8/h2*6H,1-4H2. The molecule has 0 aromatic carbocycles. The molecule has 0 aromatic rings. The first-order chi connectivity index (χ1) is 8.54. The van der Waals surface area contributed by atoms with E-state index in [2.05, 4.69) is 9.68 Å². The van der Waals surface area contributed by atoms with E-state index in [0.29, 0.717) is 25.7 Å². The van der Waals surface area contributed by atoms with Crippen molar-refractivity contribution in [2.75, 3.05) is 26.4 Å². The third-order valence-corrected chi connectivity index (χ3v) is 1.50. The molecule has 0 bridgehead atoms. The lowest BCUT2D eigenvalue weighted by atomic mass is 10.3. The molecule has 0 aliphatic heterocycles. The third-order valence-electron chi connectivity index (χ3n) is 1.50. The molecule has 0 spiro atoms. The van der Waals surface area contributed by atoms with Gasteiger partial charge in [-0.25, -0.2) is 0 Å². The third kappa shape index (κ3) is 23.9. The number of unbranched alkanes of at least 4 members (excludes halogenated alkanes) is 2. The molecule has 0 rings (SSSR count). The van der Waals surface area contributed by atoms with Crippen LogP contribution in [-0.4, -0.2) is 46.8 Å². The van der Waals surface area contributed by atoms with Crippen molar-refractivity contribution in [2.45, 2.75) is 25.7 Å². The van der Waals surface area contributed by atoms with Gasteiger partial charge in [-0.1, -0.05) is 0 Å². The summed E-state index contributed by atoms with van der Waals surface area (Å²) in [6.45, 7) is 0.267. The fourth-order valence-corrected chi connectivity index (χ4v) is 0.706. The van der Waals surface area contributed by atoms with E-state index in [9.17, 15) is 20.2 Å². The highest BCUT2D eigenvalue weighted by Crippen LogP contribution is 1.88. The van der Waals surface area contributed by atoms with Crippen LogP contribution in [0, 0.1) is 20.2 Å². The van der Waals surface area contributed by atoms with Crippen molar-refractivity contribution in [1.82, 2.24) is 0 Å². The van der Waals surface area contributed by atoms with Crippen LogP contribution in [0.15, 0.2) is 0 Å². The van der Waals surface area contributed by atoms with Crippen LogP contribution >= 0.6 is 0 Å². The molecular weight excluding hydrogens is 252 g/mol. The Labute approximate surface area is 103 Å². The Hall–Kier alpha value is -1.68. The fraction of sp³-hybridized carbons (Fsp3) is 1.00. The van der Waals surface area contributed by atoms with E-state index in [1.165, 1.54) is 0 Å². The van der Waals surface area contributed by atoms with Gasteiger partial charge in [0.1, 0.15) is 0 Å². The highest BCUT2D eigenvalue weighted by Gasteiger charge is 1.92. The topological polar surface area (TPSA) is 145 Å². The van der Waals surface area contributed by atoms with E-state index in [0.717, 1.165) is 0 Å². The monoisotopic (exact) mass is 270 g/mol. The number of aliphatic hydroxyl groups excluding tert-OH is 2. The normalized spacial score (nSPS) is 9.00. The Morgan fingerprint density at radius 2 is 1.11 bits per heavy atom. The quantitative estimate of drug-likeness (QED) is 0.319. The highest BCUT2D eigenvalue weighted by atomic mass is 17.0. The van der Waals surface area contributed by atoms with Gasteiger partial charge in [-0.2, -0.15) is 0 Å². The average Bonchev–Trinajstić information content (AvgIpc) is 2.31. The summed E-state index contributed by atoms with van der Waals surface area (Å²) in [6, 6.07) is 0. The molecule has 0 fully saturated rings. The van der Waals surface area contributed by atoms with Gasteiger partial charge in [-0.3, -0.25) is 0 Å². The molecular formula is C8H18N2O8. The van der Waals surface area contributed by atoms with Crippen molar-refractivity contribution in [1.29, 1.82) is 0 Å². The smallest absolute Gasteiger partial charge is 0.294 e. The van der Waals surface area contributed by atoms with Crippen molar-refractivity contribution < 1.29 is 30.1 Å². The Kier molecular flexibility index (Phi) is 15.9. The lowest BCUT2D eigenvalue weighted by Crippen LogP contribution is -2.02. The maximum atomic E-state index is 9.48. The molecule has 0 atom stereocenters. The molecule has 2 N–H and O–H groups in total. The molecule has 0 saturated heterocycles. The molecule has 18 heavy (non-hydrogen) atoms. The molecule has 0 radical (unpaired) electrons. The number of hydrogen-bond donors (Lipinski definition) is 2. The summed E-state index contributed by atoms with van der Waals surface area (Å²) < 4.78 is 0. The first kappa shape index (κ1) is 18.7. The largest absolute Gasteiger partial charge is 0.396 e. The van der Waals surface area contributed by atoms with Gasteiger partial charge in [0, 0.05) is 13.2 Å². The lowest BCUT2D eigenvalue weighted by Gasteiger charge is -1.94. The second kappa shape index (κ2) is 15.3. The van der Waals surface area contributed by atoms with Crippen molar-refractivity contribution in [3.8, 4) is 0 Å². The number of rotatable bonds is 10. The maximum absolute atomic E-state index is 9.48. The van der Waals surface area contributed by atoms with Crippen LogP contribution in [0.25, 0.3) is 0 Å². The molecule has 108 valence electrons. The summed E-state index contributed by atoms with van der Waals surface area (Å²) in [4.78, 5) is 26.9. The second-order valence-corrected chi connectivity index (χ2v) is 2.98. The van der Waals surface area contributed by atoms with E-state index in [1.807, 2.05) is 0 Å². The van der Waals surface area contributed by atoms with Crippen LogP contribution in [0.5, 0.6) is 0 Å². The predicted molar refractivity (Wildman–Crippen MR) is 58.5 cm³/mol. The van der Waals surface area contributed by atoms with E-state index in [-0.39, 0.29) is 26.4 Å². The minimum atomic E-state index is -0.836. The van der Waals surface area contributed by atoms with Gasteiger partial charge in [0.05, 0.1) is 13.2 Å². The number of aliphatic hydroxyl groups is 2. The summed E-state index contributed by atoms with van der Waals surface area (Å²) in [6.07, 6.45) is 2.15. The Bertz CT molecular complexity index is 191. The van der Waals surface area contributed by atoms with Gasteiger partial charge in [-0.15, -0.1) is 20.2 Å². The average molecular weight is 270 g/mol. The molecule has 0 heterocycles. The first-order valence-corrected chi connectivity index (χ1v) is 5.31. The van der Waals surface area contributed by atoms with Gasteiger partial charge in [0.15, 0.2) is 0 Å². The van der Waals surface area contributed by atoms with Gasteiger partial charge in [0.2, 0.25) is 0 Å². The molecule has 0 aromatic heterocycles. The van der Waals surface area contributed by atoms with Crippen LogP contribution < -0.4 is 0 Å². The van der Waals surface area contributed by atoms with Crippen LogP contribution in [0.4, 0.5) is 0 Å². The summed E-state index contributed by atoms with van der Waals surface area (Å²) in [7, 11) is 0. The van der Waals surface area contributed by atoms with E-state index >= 15 is 0 Å². The SMILES string of the molecule is O=[N+]([O-])OCCCCO.O=[N+]([O-])OCCCCO. The zero-order valence-corrected chi connectivity index (χ0v) is 9.90. The van der Waals surface area contributed by atoms with Crippen LogP contribution in [0.1, 0.15) is 25.7 Å². The second-order valence-electron chi connectivity index (χ2n) is 2.98. The minimum Gasteiger partial charge on any atom is -0.396 e. The summed E-state index contributed by atoms with van der Waals surface area (Å²) in [5.41, 5.74) is 0. The fourth-order valence-electron chi connectivity index (χ4n) is 0.706. The molecule has 0 unspecified atom stereocenters. The van der Waals surface area contributed by atoms with E-state index in [4.69, 9.17) is 10.2 Å². The van der Waals surface area contributed by atoms with Gasteiger partial charge < -0.3 is 19.9 Å². The molecule has 0 saturated carbocycles. The minimum absolute atomic E-state index is 0.0566. The Balaban J connectivity index is 0. The molecule has 0 amide bonds. The van der Waals surface area contributed by atoms with Gasteiger partial charge in [0.25, 0.3) is 10.2 Å². The Morgan fingerprint density at radius 3 is 1.33 bits per heavy atom. The zero-order chi connectivity index (χ0) is 14.2. The molecule has 10 nitrogen and oxygen atoms in total. The van der Waals surface area contributed by atoms with Gasteiger partial charge in [-0.05, 0) is 25.7 Å². The van der Waals surface area contributed by atoms with E-state index in [1.54, 1.807) is 0 Å². The van der Waals surface area contributed by atoms with Crippen LogP contribution in [-0.2, 0) is 9.68 Å². The summed E-state index contributed by atoms with van der Waals surface area (Å²) in [5, 5.41) is 33.7. The lowest BCUT2D eigenvalue weighted by molar-refractivity contribution is -0.757. The summed E-state index contributed by atoms with van der Waals surface area (Å²) >= 11 is 0. The summed E-state index contributed by atoms with van der Waals surface area (Å²) in [5.74, 6) is 0. The number of hydrogen-bond acceptors (Lipinski definition) is 8. The van der Waals surface area contributed by atoms with Crippen LogP contribution in [0.2, 0.25) is 0 Å². The highest BCUT2D eigenvalue weighted by molar-refractivity contribution is 4.32. The molecule has 0 aliphatic carbocycles. The molecule has 10 heteroatoms. The predicted octanol–water partition coefficient (Wildman–Crippen LogP) is -0.0656. The molecule has 0 aliphatic rings. The van der Waals surface area contributed by atoms with E-state index < -0.39 is 10.2 Å². The van der Waals surface area contributed by atoms with Crippen molar-refractivity contribution >= 4 is 0 Å². The first-order valence-electron chi connectivity index (χ1n) is 5.31. The zero-order valence-electron chi connectivity index (χ0n) is 9.90. The number of nitrogens with zero attached hydrogens (tertiary/aromatic N) is 2. The van der Waals surface area contributed by atoms with Crippen molar-refractivity contribution in [2.24, 2.45) is 0 Å².